The van der Waals surface area contributed by atoms with E-state index in [-0.39, 0.29) is 11.4 Å². The third-order valence-electron chi connectivity index (χ3n) is 10.5. The Morgan fingerprint density at radius 3 is 2.59 bits per heavy atom. The van der Waals surface area contributed by atoms with Crippen molar-refractivity contribution in [2.24, 2.45) is 57.2 Å². The molecule has 180 valence electrons. The smallest absolute Gasteiger partial charge is 0.332 e. The van der Waals surface area contributed by atoms with Gasteiger partial charge in [-0.2, -0.15) is 5.10 Å². The van der Waals surface area contributed by atoms with Gasteiger partial charge in [-0.15, -0.1) is 0 Å². The summed E-state index contributed by atoms with van der Waals surface area (Å²) < 4.78 is 4.89. The Bertz CT molecular complexity index is 767. The summed E-state index contributed by atoms with van der Waals surface area (Å²) in [5.41, 5.74) is 9.87. The minimum absolute atomic E-state index is 0.101. The van der Waals surface area contributed by atoms with Gasteiger partial charge in [-0.3, -0.25) is 4.79 Å². The van der Waals surface area contributed by atoms with E-state index in [0.29, 0.717) is 47.3 Å². The highest BCUT2D eigenvalue weighted by atomic mass is 16.5. The van der Waals surface area contributed by atoms with Crippen LogP contribution in [-0.4, -0.2) is 24.8 Å². The Labute approximate surface area is 193 Å². The maximum atomic E-state index is 11.7. The lowest BCUT2D eigenvalue weighted by Gasteiger charge is -2.61. The van der Waals surface area contributed by atoms with Crippen LogP contribution in [0.2, 0.25) is 0 Å². The van der Waals surface area contributed by atoms with E-state index >= 15 is 0 Å². The van der Waals surface area contributed by atoms with Gasteiger partial charge in [0, 0.05) is 18.1 Å². The number of nitrogens with two attached hydrogens (primary N) is 1. The molecule has 4 saturated carbocycles. The monoisotopic (exact) mass is 445 g/mol. The van der Waals surface area contributed by atoms with Crippen LogP contribution in [0.3, 0.4) is 0 Å². The number of nitrogens with one attached hydrogen (secondary N) is 1. The highest BCUT2D eigenvalue weighted by Crippen LogP contribution is 2.67. The summed E-state index contributed by atoms with van der Waals surface area (Å²) in [6.45, 7) is 7.39. The summed E-state index contributed by atoms with van der Waals surface area (Å²) in [4.78, 5) is 23.2. The predicted octanol–water partition coefficient (Wildman–Crippen LogP) is 5.26. The molecule has 4 rings (SSSR count). The summed E-state index contributed by atoms with van der Waals surface area (Å²) >= 11 is 0. The van der Waals surface area contributed by atoms with Crippen LogP contribution in [0.25, 0.3) is 0 Å². The van der Waals surface area contributed by atoms with E-state index in [4.69, 9.17) is 10.5 Å². The number of rotatable bonds is 5. The number of fused-ring (bicyclic) bond motifs is 5. The van der Waals surface area contributed by atoms with E-state index in [0.717, 1.165) is 12.8 Å². The van der Waals surface area contributed by atoms with Crippen molar-refractivity contribution in [1.82, 2.24) is 5.43 Å². The molecule has 4 fully saturated rings. The number of nitrogens with zero attached hydrogens (tertiary/aromatic N) is 1. The van der Waals surface area contributed by atoms with E-state index < -0.39 is 6.03 Å². The summed E-state index contributed by atoms with van der Waals surface area (Å²) in [5.74, 6) is 3.39. The zero-order chi connectivity index (χ0) is 23.1. The minimum Gasteiger partial charge on any atom is -0.469 e. The number of carbonyl (C=O) groups is 2. The third kappa shape index (κ3) is 3.96. The first kappa shape index (κ1) is 23.6. The number of hydrazone groups is 1. The van der Waals surface area contributed by atoms with Crippen molar-refractivity contribution >= 4 is 17.7 Å². The molecule has 0 aromatic carbocycles. The second-order valence-corrected chi connectivity index (χ2v) is 11.8. The van der Waals surface area contributed by atoms with E-state index in [2.05, 4.69) is 31.3 Å². The maximum Gasteiger partial charge on any atom is 0.332 e. The fraction of sp³-hybridized carbons (Fsp3) is 0.885. The molecule has 6 nitrogen and oxygen atoms in total. The van der Waals surface area contributed by atoms with Crippen LogP contribution < -0.4 is 11.2 Å². The van der Waals surface area contributed by atoms with Gasteiger partial charge in [-0.25, -0.2) is 10.2 Å². The van der Waals surface area contributed by atoms with Crippen LogP contribution in [0.1, 0.15) is 91.4 Å². The Morgan fingerprint density at radius 2 is 1.88 bits per heavy atom. The number of esters is 1. The van der Waals surface area contributed by atoms with Crippen molar-refractivity contribution in [1.29, 1.82) is 0 Å². The summed E-state index contributed by atoms with van der Waals surface area (Å²) in [7, 11) is 1.48. The maximum absolute atomic E-state index is 11.7. The molecule has 0 saturated heterocycles. The highest BCUT2D eigenvalue weighted by molar-refractivity contribution is 5.90. The highest BCUT2D eigenvalue weighted by Gasteiger charge is 2.62. The summed E-state index contributed by atoms with van der Waals surface area (Å²) in [6.07, 6.45) is 12.7. The molecular formula is C26H43N3O3. The molecule has 0 unspecified atom stereocenters. The van der Waals surface area contributed by atoms with Gasteiger partial charge in [-0.05, 0) is 91.8 Å². The van der Waals surface area contributed by atoms with E-state index in [9.17, 15) is 9.59 Å². The van der Waals surface area contributed by atoms with Crippen molar-refractivity contribution in [2.45, 2.75) is 91.4 Å². The molecule has 32 heavy (non-hydrogen) atoms. The van der Waals surface area contributed by atoms with Gasteiger partial charge < -0.3 is 10.5 Å². The number of methoxy groups -OCH3 is 1. The van der Waals surface area contributed by atoms with Crippen LogP contribution >= 0.6 is 0 Å². The SMILES string of the molecule is COC(=O)CC[C@H](C)[C@H]1CC[C@@H]2[C@@H]3/C(=N\NC(N)=O)C[C@@H]4CCCC[C@]4(C)[C@@H]3CC[C@@]21C. The number of hydrogen-bond donors (Lipinski definition) is 2. The van der Waals surface area contributed by atoms with Gasteiger partial charge in [0.2, 0.25) is 0 Å². The molecule has 8 atom stereocenters. The lowest BCUT2D eigenvalue weighted by molar-refractivity contribution is -0.141. The Hall–Kier alpha value is -1.59. The quantitative estimate of drug-likeness (QED) is 0.446. The minimum atomic E-state index is -0.565. The number of primary amides is 1. The summed E-state index contributed by atoms with van der Waals surface area (Å²) in [5, 5.41) is 4.65. The second-order valence-electron chi connectivity index (χ2n) is 11.8. The van der Waals surface area contributed by atoms with Crippen LogP contribution in [-0.2, 0) is 9.53 Å². The fourth-order valence-corrected chi connectivity index (χ4v) is 8.86. The molecule has 3 N–H and O–H groups in total. The van der Waals surface area contributed by atoms with Crippen molar-refractivity contribution in [3.05, 3.63) is 0 Å². The van der Waals surface area contributed by atoms with Gasteiger partial charge in [0.1, 0.15) is 0 Å². The molecule has 0 radical (unpaired) electrons. The lowest BCUT2D eigenvalue weighted by Crippen LogP contribution is -2.56. The van der Waals surface area contributed by atoms with Crippen LogP contribution in [0.15, 0.2) is 5.10 Å². The van der Waals surface area contributed by atoms with Gasteiger partial charge in [0.15, 0.2) is 0 Å². The number of urea groups is 1. The van der Waals surface area contributed by atoms with E-state index in [1.165, 1.54) is 64.2 Å². The first-order valence-corrected chi connectivity index (χ1v) is 12.9. The molecule has 0 aromatic heterocycles. The summed E-state index contributed by atoms with van der Waals surface area (Å²) in [6, 6.07) is -0.565. The lowest BCUT2D eigenvalue weighted by atomic mass is 9.44. The first-order valence-electron chi connectivity index (χ1n) is 12.9. The van der Waals surface area contributed by atoms with Crippen LogP contribution in [0.4, 0.5) is 4.79 Å². The fourth-order valence-electron chi connectivity index (χ4n) is 8.86. The van der Waals surface area contributed by atoms with E-state index in [1.54, 1.807) is 0 Å². The molecule has 0 aromatic rings. The average molecular weight is 446 g/mol. The first-order chi connectivity index (χ1) is 15.2. The molecule has 0 aliphatic heterocycles. The average Bonchev–Trinajstić information content (AvgIpc) is 3.12. The zero-order valence-corrected chi connectivity index (χ0v) is 20.5. The van der Waals surface area contributed by atoms with Gasteiger partial charge in [-0.1, -0.05) is 33.6 Å². The Morgan fingerprint density at radius 1 is 1.12 bits per heavy atom. The predicted molar refractivity (Wildman–Crippen MR) is 126 cm³/mol. The standard InChI is InChI=1S/C26H43N3O3/c1-16(8-11-22(30)32-4)18-9-10-19-23-20(12-14-26(18,19)3)25(2)13-6-5-7-17(25)15-21(23)28-29-24(27)31/h16-20,23H,5-15H2,1-4H3,(H3,27,29,31)/b28-21-/t16-,17-,18+,19+,20+,23-,25-,26+/m0/s1. The van der Waals surface area contributed by atoms with Gasteiger partial charge in [0.05, 0.1) is 7.11 Å². The number of amides is 2. The topological polar surface area (TPSA) is 93.8 Å². The third-order valence-corrected chi connectivity index (χ3v) is 10.5. The van der Waals surface area contributed by atoms with Crippen molar-refractivity contribution in [3.8, 4) is 0 Å². The Balaban J connectivity index is 1.61. The number of ether oxygens (including phenoxy) is 1. The molecule has 4 aliphatic rings. The molecule has 0 bridgehead atoms. The van der Waals surface area contributed by atoms with Crippen molar-refractivity contribution in [2.75, 3.05) is 7.11 Å². The van der Waals surface area contributed by atoms with Crippen molar-refractivity contribution < 1.29 is 14.3 Å². The van der Waals surface area contributed by atoms with Crippen LogP contribution in [0, 0.1) is 46.3 Å². The molecule has 2 amide bonds. The molecule has 0 heterocycles. The second kappa shape index (κ2) is 8.98. The van der Waals surface area contributed by atoms with Gasteiger partial charge >= 0.3 is 12.0 Å². The molecule has 4 aliphatic carbocycles. The Kier molecular flexibility index (Phi) is 6.61. The van der Waals surface area contributed by atoms with Crippen molar-refractivity contribution in [3.63, 3.8) is 0 Å². The van der Waals surface area contributed by atoms with Crippen LogP contribution in [0.5, 0.6) is 0 Å². The zero-order valence-electron chi connectivity index (χ0n) is 20.5. The van der Waals surface area contributed by atoms with E-state index in [1.807, 2.05) is 0 Å². The number of hydrogen-bond acceptors (Lipinski definition) is 4. The molecular weight excluding hydrogens is 402 g/mol. The van der Waals surface area contributed by atoms with Gasteiger partial charge in [0.25, 0.3) is 0 Å². The normalized spacial score (nSPS) is 43.0. The largest absolute Gasteiger partial charge is 0.469 e. The number of carbonyl (C=O) groups excluding carboxylic acids is 2. The molecule has 0 spiro atoms. The molecule has 6 heteroatoms.